The molecule has 222 valence electrons. The quantitative estimate of drug-likeness (QED) is 0.106. The van der Waals surface area contributed by atoms with Crippen LogP contribution in [-0.2, 0) is 29.2 Å². The van der Waals surface area contributed by atoms with Crippen LogP contribution in [-0.4, -0.2) is 38.5 Å². The molecule has 4 rings (SSSR count). The van der Waals surface area contributed by atoms with Crippen molar-refractivity contribution in [2.24, 2.45) is 10.7 Å². The summed E-state index contributed by atoms with van der Waals surface area (Å²) in [4.78, 5) is 46.3. The Morgan fingerprint density at radius 1 is 1.05 bits per heavy atom. The van der Waals surface area contributed by atoms with Crippen molar-refractivity contribution < 1.29 is 19.4 Å². The lowest BCUT2D eigenvalue weighted by atomic mass is 10.1. The summed E-state index contributed by atoms with van der Waals surface area (Å²) >= 11 is 0. The zero-order valence-electron chi connectivity index (χ0n) is 23.8. The predicted octanol–water partition coefficient (Wildman–Crippen LogP) is 3.38. The molecular formula is C31H33N7O5. The zero-order valence-corrected chi connectivity index (χ0v) is 23.8. The molecule has 2 amide bonds. The summed E-state index contributed by atoms with van der Waals surface area (Å²) in [6.45, 7) is 3.68. The fraction of sp³-hybridized carbons (Fsp3) is 0.194. The molecule has 0 saturated carbocycles. The lowest BCUT2D eigenvalue weighted by Gasteiger charge is -2.16. The minimum atomic E-state index is -0.802. The van der Waals surface area contributed by atoms with E-state index in [1.807, 2.05) is 44.2 Å². The van der Waals surface area contributed by atoms with E-state index in [-0.39, 0.29) is 43.1 Å². The summed E-state index contributed by atoms with van der Waals surface area (Å²) in [6.07, 6.45) is 0.652. The molecule has 0 atom stereocenters. The van der Waals surface area contributed by atoms with E-state index in [9.17, 15) is 19.5 Å². The number of carbonyl (C=O) groups excluding carboxylic acids is 2. The minimum absolute atomic E-state index is 0.00312. The van der Waals surface area contributed by atoms with Gasteiger partial charge >= 0.3 is 6.09 Å². The van der Waals surface area contributed by atoms with E-state index in [0.29, 0.717) is 22.5 Å². The van der Waals surface area contributed by atoms with E-state index >= 15 is 0 Å². The number of amides is 2. The Labute approximate surface area is 248 Å². The molecule has 0 radical (unpaired) electrons. The van der Waals surface area contributed by atoms with Gasteiger partial charge in [-0.3, -0.25) is 14.2 Å². The Kier molecular flexibility index (Phi) is 9.74. The number of aromatic hydroxyl groups is 1. The first kappa shape index (κ1) is 30.3. The molecule has 7 N–H and O–H groups in total. The second kappa shape index (κ2) is 13.8. The molecule has 4 aromatic rings. The van der Waals surface area contributed by atoms with Crippen molar-refractivity contribution in [3.05, 3.63) is 106 Å². The zero-order chi connectivity index (χ0) is 30.9. The first-order valence-corrected chi connectivity index (χ1v) is 13.5. The Morgan fingerprint density at radius 3 is 2.44 bits per heavy atom. The third-order valence-electron chi connectivity index (χ3n) is 6.17. The molecule has 12 heteroatoms. The second-order valence-electron chi connectivity index (χ2n) is 10.0. The van der Waals surface area contributed by atoms with Crippen LogP contribution in [0.2, 0.25) is 0 Å². The Balaban J connectivity index is 1.42. The van der Waals surface area contributed by atoms with Gasteiger partial charge in [-0.25, -0.2) is 9.78 Å². The first-order valence-electron chi connectivity index (χ1n) is 13.5. The fourth-order valence-corrected chi connectivity index (χ4v) is 4.14. The maximum absolute atomic E-state index is 13.3. The van der Waals surface area contributed by atoms with Gasteiger partial charge in [0.15, 0.2) is 5.82 Å². The molecule has 0 saturated heterocycles. The molecule has 43 heavy (non-hydrogen) atoms. The lowest BCUT2D eigenvalue weighted by Crippen LogP contribution is -2.35. The Morgan fingerprint density at radius 2 is 1.77 bits per heavy atom. The smallest absolute Gasteiger partial charge is 0.435 e. The Hall–Kier alpha value is -5.65. The number of carbonyl (C=O) groups is 2. The van der Waals surface area contributed by atoms with Gasteiger partial charge in [-0.2, -0.15) is 4.99 Å². The van der Waals surface area contributed by atoms with Crippen LogP contribution in [0.25, 0.3) is 11.3 Å². The number of hydrogen-bond acceptors (Lipinski definition) is 8. The Bertz CT molecular complexity index is 1660. The highest BCUT2D eigenvalue weighted by atomic mass is 16.5. The number of hydrogen-bond donors (Lipinski definition) is 5. The third kappa shape index (κ3) is 8.43. The average Bonchev–Trinajstić information content (AvgIpc) is 2.97. The van der Waals surface area contributed by atoms with E-state index in [1.54, 1.807) is 30.3 Å². The maximum Gasteiger partial charge on any atom is 0.435 e. The van der Waals surface area contributed by atoms with Gasteiger partial charge in [0.1, 0.15) is 24.7 Å². The van der Waals surface area contributed by atoms with Gasteiger partial charge < -0.3 is 31.9 Å². The molecule has 12 nitrogen and oxygen atoms in total. The van der Waals surface area contributed by atoms with Crippen molar-refractivity contribution in [1.82, 2.24) is 14.9 Å². The summed E-state index contributed by atoms with van der Waals surface area (Å²) < 4.78 is 6.41. The van der Waals surface area contributed by atoms with Gasteiger partial charge in [0.25, 0.3) is 5.56 Å². The number of aliphatic imine (C=N–C) groups is 1. The first-order chi connectivity index (χ1) is 20.6. The van der Waals surface area contributed by atoms with Crippen molar-refractivity contribution in [2.75, 3.05) is 11.1 Å². The fourth-order valence-electron chi connectivity index (χ4n) is 4.14. The number of amidine groups is 1. The predicted molar refractivity (Wildman–Crippen MR) is 164 cm³/mol. The van der Waals surface area contributed by atoms with Crippen LogP contribution in [0.15, 0.2) is 88.8 Å². The second-order valence-corrected chi connectivity index (χ2v) is 10.0. The van der Waals surface area contributed by atoms with Crippen LogP contribution >= 0.6 is 0 Å². The normalized spacial score (nSPS) is 11.3. The van der Waals surface area contributed by atoms with Crippen LogP contribution in [0, 0.1) is 0 Å². The van der Waals surface area contributed by atoms with Crippen LogP contribution in [0.5, 0.6) is 5.75 Å². The molecule has 0 aliphatic heterocycles. The summed E-state index contributed by atoms with van der Waals surface area (Å²) in [5.74, 6) is -0.416. The number of benzene rings is 3. The van der Waals surface area contributed by atoms with Crippen LogP contribution in [0.3, 0.4) is 0 Å². The number of rotatable bonds is 10. The monoisotopic (exact) mass is 583 g/mol. The van der Waals surface area contributed by atoms with Crippen LogP contribution in [0.1, 0.15) is 30.5 Å². The maximum atomic E-state index is 13.3. The molecule has 3 aromatic carbocycles. The van der Waals surface area contributed by atoms with E-state index < -0.39 is 17.6 Å². The number of nitrogens with zero attached hydrogens (tertiary/aromatic N) is 3. The molecular weight excluding hydrogens is 550 g/mol. The van der Waals surface area contributed by atoms with E-state index in [2.05, 4.69) is 20.6 Å². The summed E-state index contributed by atoms with van der Waals surface area (Å²) in [6, 6.07) is 20.4. The van der Waals surface area contributed by atoms with Crippen molar-refractivity contribution >= 4 is 29.3 Å². The molecule has 0 fully saturated rings. The molecule has 0 spiro atoms. The average molecular weight is 584 g/mol. The minimum Gasteiger partial charge on any atom is -0.508 e. The number of ether oxygens (including phenoxy) is 1. The number of phenolic OH excluding ortho intramolecular Hbond substituents is 1. The summed E-state index contributed by atoms with van der Waals surface area (Å²) in [5.41, 5.74) is 14.5. The van der Waals surface area contributed by atoms with Crippen molar-refractivity contribution in [3.63, 3.8) is 0 Å². The molecule has 0 aliphatic carbocycles. The molecule has 0 aliphatic rings. The highest BCUT2D eigenvalue weighted by Gasteiger charge is 2.16. The number of nitrogens with two attached hydrogens (primary N) is 2. The van der Waals surface area contributed by atoms with Gasteiger partial charge in [-0.1, -0.05) is 54.6 Å². The number of aromatic nitrogens is 2. The number of nitrogens with one attached hydrogen (secondary N) is 2. The van der Waals surface area contributed by atoms with Gasteiger partial charge in [-0.15, -0.1) is 0 Å². The number of phenols is 1. The number of anilines is 2. The largest absolute Gasteiger partial charge is 0.508 e. The highest BCUT2D eigenvalue weighted by Crippen LogP contribution is 2.26. The molecule has 1 heterocycles. The van der Waals surface area contributed by atoms with Gasteiger partial charge in [0.05, 0.1) is 11.9 Å². The summed E-state index contributed by atoms with van der Waals surface area (Å²) in [5, 5.41) is 15.8. The lowest BCUT2D eigenvalue weighted by molar-refractivity contribution is -0.121. The molecule has 0 unspecified atom stereocenters. The topological polar surface area (TPSA) is 187 Å². The number of nitrogen functional groups attached to an aromatic ring is 1. The van der Waals surface area contributed by atoms with Crippen LogP contribution < -0.4 is 27.7 Å². The van der Waals surface area contributed by atoms with Gasteiger partial charge in [0, 0.05) is 35.5 Å². The third-order valence-corrected chi connectivity index (χ3v) is 6.17. The van der Waals surface area contributed by atoms with Crippen molar-refractivity contribution in [3.8, 4) is 17.0 Å². The summed E-state index contributed by atoms with van der Waals surface area (Å²) in [7, 11) is 0. The van der Waals surface area contributed by atoms with Crippen molar-refractivity contribution in [2.45, 2.75) is 39.6 Å². The van der Waals surface area contributed by atoms with Gasteiger partial charge in [-0.05, 0) is 37.1 Å². The molecule has 0 bridgehead atoms. The van der Waals surface area contributed by atoms with E-state index in [1.165, 1.54) is 22.9 Å². The molecule has 1 aromatic heterocycles. The van der Waals surface area contributed by atoms with E-state index in [4.69, 9.17) is 16.2 Å². The van der Waals surface area contributed by atoms with Crippen molar-refractivity contribution in [1.29, 1.82) is 0 Å². The van der Waals surface area contributed by atoms with E-state index in [0.717, 1.165) is 11.1 Å². The SMILES string of the molecule is CC(C)Nc1ncc(-c2cc(N)cc(O)c2)n(CC(=O)NCc2ccc(/C(N)=N/C(=O)OCc3ccccc3)cc2)c1=O. The van der Waals surface area contributed by atoms with Gasteiger partial charge in [0.2, 0.25) is 5.91 Å². The highest BCUT2D eigenvalue weighted by molar-refractivity contribution is 6.02. The van der Waals surface area contributed by atoms with Crippen LogP contribution in [0.4, 0.5) is 16.3 Å². The standard InChI is InChI=1S/C31H33N7O5/c1-19(2)36-29-30(41)38(26(16-35-29)23-12-24(32)14-25(39)13-23)17-27(40)34-15-20-8-10-22(11-9-20)28(33)37-31(42)43-18-21-6-4-3-5-7-21/h3-14,16,19,39H,15,17-18,32H2,1-2H3,(H,34,40)(H,35,36)(H2,33,37,42).